The summed E-state index contributed by atoms with van der Waals surface area (Å²) in [6.07, 6.45) is 0.993. The lowest BCUT2D eigenvalue weighted by molar-refractivity contribution is -0.116. The highest BCUT2D eigenvalue weighted by atomic mass is 35.5. The first-order chi connectivity index (χ1) is 9.99. The van der Waals surface area contributed by atoms with E-state index in [1.54, 1.807) is 32.3 Å². The molecule has 1 rings (SSSR count). The predicted octanol–water partition coefficient (Wildman–Crippen LogP) is 1.89. The molecule has 0 aliphatic rings. The van der Waals surface area contributed by atoms with Gasteiger partial charge in [-0.15, -0.1) is 12.4 Å². The van der Waals surface area contributed by atoms with Crippen molar-refractivity contribution in [3.05, 3.63) is 23.8 Å². The minimum Gasteiger partial charge on any atom is -0.492 e. The molecule has 0 heterocycles. The summed E-state index contributed by atoms with van der Waals surface area (Å²) in [5.74, 6) is 0.261. The number of halogens is 1. The number of carbonyl (C=O) groups is 2. The number of ether oxygens (including phenoxy) is 1. The Morgan fingerprint density at radius 3 is 2.55 bits per heavy atom. The number of benzene rings is 1. The van der Waals surface area contributed by atoms with Crippen molar-refractivity contribution >= 4 is 29.9 Å². The average Bonchev–Trinajstić information content (AvgIpc) is 2.46. The third kappa shape index (κ3) is 5.91. The molecule has 0 saturated carbocycles. The van der Waals surface area contributed by atoms with Crippen LogP contribution in [0.15, 0.2) is 18.2 Å². The molecule has 22 heavy (non-hydrogen) atoms. The second-order valence-electron chi connectivity index (χ2n) is 4.78. The number of nitrogens with one attached hydrogen (secondary N) is 1. The highest BCUT2D eigenvalue weighted by Crippen LogP contribution is 2.26. The van der Waals surface area contributed by atoms with E-state index in [0.717, 1.165) is 0 Å². The van der Waals surface area contributed by atoms with Crippen LogP contribution in [0, 0.1) is 0 Å². The number of carbonyl (C=O) groups excluding carboxylic acids is 2. The van der Waals surface area contributed by atoms with Gasteiger partial charge in [0.15, 0.2) is 0 Å². The normalized spacial score (nSPS) is 9.64. The number of rotatable bonds is 7. The molecule has 1 aromatic carbocycles. The third-order valence-electron chi connectivity index (χ3n) is 2.82. The first-order valence-corrected chi connectivity index (χ1v) is 6.98. The van der Waals surface area contributed by atoms with Gasteiger partial charge in [-0.2, -0.15) is 0 Å². The molecule has 0 bridgehead atoms. The van der Waals surface area contributed by atoms with Gasteiger partial charge < -0.3 is 20.7 Å². The molecule has 6 nitrogen and oxygen atoms in total. The molecular weight excluding hydrogens is 306 g/mol. The van der Waals surface area contributed by atoms with Crippen LogP contribution in [-0.4, -0.2) is 44.0 Å². The van der Waals surface area contributed by atoms with Gasteiger partial charge in [-0.3, -0.25) is 9.59 Å². The van der Waals surface area contributed by atoms with E-state index in [9.17, 15) is 9.59 Å². The highest BCUT2D eigenvalue weighted by Gasteiger charge is 2.13. The van der Waals surface area contributed by atoms with Crippen LogP contribution in [-0.2, 0) is 4.79 Å². The van der Waals surface area contributed by atoms with Crippen LogP contribution in [0.2, 0.25) is 0 Å². The lowest BCUT2D eigenvalue weighted by Crippen LogP contribution is -2.22. The number of anilines is 1. The Kier molecular flexibility index (Phi) is 9.21. The van der Waals surface area contributed by atoms with E-state index >= 15 is 0 Å². The number of amides is 2. The summed E-state index contributed by atoms with van der Waals surface area (Å²) in [7, 11) is 3.37. The van der Waals surface area contributed by atoms with Crippen molar-refractivity contribution in [3.63, 3.8) is 0 Å². The zero-order valence-electron chi connectivity index (χ0n) is 13.2. The Balaban J connectivity index is 0.00000441. The fraction of sp³-hybridized carbons (Fsp3) is 0.467. The van der Waals surface area contributed by atoms with E-state index in [-0.39, 0.29) is 24.2 Å². The van der Waals surface area contributed by atoms with Crippen LogP contribution < -0.4 is 15.8 Å². The van der Waals surface area contributed by atoms with Crippen molar-refractivity contribution in [1.82, 2.24) is 4.90 Å². The Morgan fingerprint density at radius 1 is 1.32 bits per heavy atom. The smallest absolute Gasteiger partial charge is 0.253 e. The summed E-state index contributed by atoms with van der Waals surface area (Å²) in [6, 6.07) is 5.00. The summed E-state index contributed by atoms with van der Waals surface area (Å²) in [4.78, 5) is 25.2. The standard InChI is InChI=1S/C15H23N3O3.ClH/c1-4-21-13-10-11(15(20)18(2)3)7-8-12(13)17-14(19)6-5-9-16;/h7-8,10H,4-6,9,16H2,1-3H3,(H,17,19);1H. The molecular formula is C15H24ClN3O3. The molecule has 0 radical (unpaired) electrons. The monoisotopic (exact) mass is 329 g/mol. The van der Waals surface area contributed by atoms with Crippen LogP contribution in [0.3, 0.4) is 0 Å². The molecule has 0 spiro atoms. The Hall–Kier alpha value is -1.79. The highest BCUT2D eigenvalue weighted by molar-refractivity contribution is 5.97. The van der Waals surface area contributed by atoms with Gasteiger partial charge in [0.25, 0.3) is 5.91 Å². The maximum Gasteiger partial charge on any atom is 0.253 e. The zero-order chi connectivity index (χ0) is 15.8. The van der Waals surface area contributed by atoms with E-state index in [4.69, 9.17) is 10.5 Å². The molecule has 0 aromatic heterocycles. The van der Waals surface area contributed by atoms with Crippen molar-refractivity contribution in [2.24, 2.45) is 5.73 Å². The van der Waals surface area contributed by atoms with Crippen LogP contribution in [0.4, 0.5) is 5.69 Å². The van der Waals surface area contributed by atoms with E-state index in [1.807, 2.05) is 6.92 Å². The van der Waals surface area contributed by atoms with Crippen LogP contribution >= 0.6 is 12.4 Å². The Labute approximate surface area is 137 Å². The first-order valence-electron chi connectivity index (χ1n) is 6.98. The van der Waals surface area contributed by atoms with Gasteiger partial charge >= 0.3 is 0 Å². The van der Waals surface area contributed by atoms with Crippen molar-refractivity contribution < 1.29 is 14.3 Å². The number of hydrogen-bond acceptors (Lipinski definition) is 4. The molecule has 0 aliphatic heterocycles. The molecule has 0 aliphatic carbocycles. The van der Waals surface area contributed by atoms with Gasteiger partial charge in [-0.25, -0.2) is 0 Å². The summed E-state index contributed by atoms with van der Waals surface area (Å²) >= 11 is 0. The van der Waals surface area contributed by atoms with E-state index in [0.29, 0.717) is 43.0 Å². The van der Waals surface area contributed by atoms with Crippen LogP contribution in [0.25, 0.3) is 0 Å². The summed E-state index contributed by atoms with van der Waals surface area (Å²) in [5, 5.41) is 2.78. The van der Waals surface area contributed by atoms with E-state index in [2.05, 4.69) is 5.32 Å². The van der Waals surface area contributed by atoms with Gasteiger partial charge in [0, 0.05) is 26.1 Å². The van der Waals surface area contributed by atoms with Crippen molar-refractivity contribution in [2.75, 3.05) is 32.6 Å². The largest absolute Gasteiger partial charge is 0.492 e. The topological polar surface area (TPSA) is 84.7 Å². The molecule has 0 unspecified atom stereocenters. The van der Waals surface area contributed by atoms with Gasteiger partial charge in [0.2, 0.25) is 5.91 Å². The van der Waals surface area contributed by atoms with Gasteiger partial charge in [0.1, 0.15) is 5.75 Å². The molecule has 3 N–H and O–H groups in total. The molecule has 1 aromatic rings. The fourth-order valence-electron chi connectivity index (χ4n) is 1.77. The quantitative estimate of drug-likeness (QED) is 0.800. The molecule has 0 atom stereocenters. The Morgan fingerprint density at radius 2 is 2.00 bits per heavy atom. The minimum absolute atomic E-state index is 0. The number of nitrogens with zero attached hydrogens (tertiary/aromatic N) is 1. The lowest BCUT2D eigenvalue weighted by atomic mass is 10.1. The average molecular weight is 330 g/mol. The summed E-state index contributed by atoms with van der Waals surface area (Å²) in [6.45, 7) is 2.77. The second-order valence-corrected chi connectivity index (χ2v) is 4.78. The minimum atomic E-state index is -0.118. The van der Waals surface area contributed by atoms with Gasteiger partial charge in [0.05, 0.1) is 12.3 Å². The van der Waals surface area contributed by atoms with Gasteiger partial charge in [-0.05, 0) is 38.1 Å². The zero-order valence-corrected chi connectivity index (χ0v) is 14.0. The molecule has 0 fully saturated rings. The summed E-state index contributed by atoms with van der Waals surface area (Å²) < 4.78 is 5.50. The van der Waals surface area contributed by atoms with Gasteiger partial charge in [-0.1, -0.05) is 0 Å². The molecule has 7 heteroatoms. The number of hydrogen-bond donors (Lipinski definition) is 2. The molecule has 2 amide bonds. The lowest BCUT2D eigenvalue weighted by Gasteiger charge is -2.15. The van der Waals surface area contributed by atoms with Crippen LogP contribution in [0.5, 0.6) is 5.75 Å². The molecule has 0 saturated heterocycles. The fourth-order valence-corrected chi connectivity index (χ4v) is 1.77. The maximum absolute atomic E-state index is 11.9. The second kappa shape index (κ2) is 10.0. The predicted molar refractivity (Wildman–Crippen MR) is 89.8 cm³/mol. The van der Waals surface area contributed by atoms with Crippen LogP contribution in [0.1, 0.15) is 30.1 Å². The molecule has 124 valence electrons. The van der Waals surface area contributed by atoms with E-state index in [1.165, 1.54) is 4.90 Å². The maximum atomic E-state index is 11.9. The van der Waals surface area contributed by atoms with Crippen molar-refractivity contribution in [1.29, 1.82) is 0 Å². The van der Waals surface area contributed by atoms with Crippen molar-refractivity contribution in [3.8, 4) is 5.75 Å². The third-order valence-corrected chi connectivity index (χ3v) is 2.82. The van der Waals surface area contributed by atoms with E-state index < -0.39 is 0 Å². The Bertz CT molecular complexity index is 507. The number of nitrogens with two attached hydrogens (primary N) is 1. The SMILES string of the molecule is CCOc1cc(C(=O)N(C)C)ccc1NC(=O)CCCN.Cl. The van der Waals surface area contributed by atoms with Crippen molar-refractivity contribution in [2.45, 2.75) is 19.8 Å². The first kappa shape index (κ1) is 20.2. The summed E-state index contributed by atoms with van der Waals surface area (Å²) in [5.41, 5.74) is 6.46.